The van der Waals surface area contributed by atoms with Gasteiger partial charge in [-0.25, -0.2) is 4.79 Å². The zero-order chi connectivity index (χ0) is 13.0. The summed E-state index contributed by atoms with van der Waals surface area (Å²) in [6.07, 6.45) is 7.01. The molecule has 1 spiro atoms. The number of epoxide rings is 2. The average molecular weight is 268 g/mol. The fourth-order valence-electron chi connectivity index (χ4n) is 3.78. The van der Waals surface area contributed by atoms with Crippen LogP contribution in [-0.2, 0) is 18.9 Å². The van der Waals surface area contributed by atoms with E-state index in [0.717, 1.165) is 38.5 Å². The van der Waals surface area contributed by atoms with E-state index in [0.29, 0.717) is 18.3 Å². The summed E-state index contributed by atoms with van der Waals surface area (Å²) in [5, 5.41) is 0. The van der Waals surface area contributed by atoms with Crippen molar-refractivity contribution in [1.82, 2.24) is 0 Å². The SMILES string of the molecule is CCC1OC1CCCC1C2OC2CCC12OC(=O)O2. The van der Waals surface area contributed by atoms with E-state index in [1.54, 1.807) is 0 Å². The molecule has 0 aromatic carbocycles. The minimum Gasteiger partial charge on any atom is -0.390 e. The van der Waals surface area contributed by atoms with Gasteiger partial charge in [0.15, 0.2) is 0 Å². The van der Waals surface area contributed by atoms with Crippen LogP contribution in [0.3, 0.4) is 0 Å². The average Bonchev–Trinajstić information content (AvgIpc) is 3.22. The monoisotopic (exact) mass is 268 g/mol. The van der Waals surface area contributed by atoms with Crippen molar-refractivity contribution in [3.8, 4) is 0 Å². The second-order valence-corrected chi connectivity index (χ2v) is 6.10. The van der Waals surface area contributed by atoms with Crippen molar-refractivity contribution in [2.24, 2.45) is 5.92 Å². The lowest BCUT2D eigenvalue weighted by Gasteiger charge is -2.46. The summed E-state index contributed by atoms with van der Waals surface area (Å²) in [7, 11) is 0. The first-order valence-electron chi connectivity index (χ1n) is 7.45. The van der Waals surface area contributed by atoms with Crippen LogP contribution in [0.4, 0.5) is 4.79 Å². The molecule has 5 unspecified atom stereocenters. The Morgan fingerprint density at radius 1 is 1.21 bits per heavy atom. The number of rotatable bonds is 5. The minimum atomic E-state index is -0.663. The van der Waals surface area contributed by atoms with E-state index in [1.807, 2.05) is 0 Å². The van der Waals surface area contributed by atoms with Crippen molar-refractivity contribution in [3.63, 3.8) is 0 Å². The quantitative estimate of drug-likeness (QED) is 0.566. The lowest BCUT2D eigenvalue weighted by atomic mass is 9.79. The maximum atomic E-state index is 11.0. The van der Waals surface area contributed by atoms with Crippen LogP contribution >= 0.6 is 0 Å². The molecule has 1 aliphatic carbocycles. The summed E-state index contributed by atoms with van der Waals surface area (Å²) in [6, 6.07) is 0. The second kappa shape index (κ2) is 4.09. The number of carbonyl (C=O) groups is 1. The van der Waals surface area contributed by atoms with Crippen LogP contribution in [0.25, 0.3) is 0 Å². The van der Waals surface area contributed by atoms with Gasteiger partial charge in [0, 0.05) is 6.42 Å². The van der Waals surface area contributed by atoms with Gasteiger partial charge in [-0.2, -0.15) is 0 Å². The Hall–Kier alpha value is -0.810. The van der Waals surface area contributed by atoms with Crippen LogP contribution in [0.5, 0.6) is 0 Å². The molecule has 3 saturated heterocycles. The van der Waals surface area contributed by atoms with Gasteiger partial charge in [-0.3, -0.25) is 0 Å². The van der Waals surface area contributed by atoms with Crippen molar-refractivity contribution < 1.29 is 23.7 Å². The molecule has 5 nitrogen and oxygen atoms in total. The molecule has 106 valence electrons. The zero-order valence-corrected chi connectivity index (χ0v) is 11.2. The number of carbonyl (C=O) groups excluding carboxylic acids is 1. The van der Waals surface area contributed by atoms with Gasteiger partial charge in [0.2, 0.25) is 0 Å². The Balaban J connectivity index is 1.32. The van der Waals surface area contributed by atoms with Gasteiger partial charge in [0.05, 0.1) is 30.3 Å². The predicted octanol–water partition coefficient (Wildman–Crippen LogP) is 2.37. The Bertz CT molecular complexity index is 387. The smallest absolute Gasteiger partial charge is 0.390 e. The van der Waals surface area contributed by atoms with E-state index in [1.165, 1.54) is 0 Å². The molecule has 19 heavy (non-hydrogen) atoms. The third-order valence-electron chi connectivity index (χ3n) is 4.97. The Morgan fingerprint density at radius 3 is 2.74 bits per heavy atom. The number of ether oxygens (including phenoxy) is 4. The number of hydrogen-bond acceptors (Lipinski definition) is 5. The molecule has 3 heterocycles. The Labute approximate surface area is 112 Å². The highest BCUT2D eigenvalue weighted by molar-refractivity contribution is 5.66. The fraction of sp³-hybridized carbons (Fsp3) is 0.929. The molecule has 1 saturated carbocycles. The topological polar surface area (TPSA) is 60.6 Å². The van der Waals surface area contributed by atoms with Crippen molar-refractivity contribution >= 4 is 6.16 Å². The molecule has 4 fully saturated rings. The molecule has 0 amide bonds. The van der Waals surface area contributed by atoms with Crippen LogP contribution < -0.4 is 0 Å². The van der Waals surface area contributed by atoms with Gasteiger partial charge in [0.25, 0.3) is 5.79 Å². The molecule has 5 heteroatoms. The molecule has 0 aromatic heterocycles. The molecule has 4 aliphatic rings. The fourth-order valence-corrected chi connectivity index (χ4v) is 3.78. The highest BCUT2D eigenvalue weighted by Gasteiger charge is 2.66. The third kappa shape index (κ3) is 1.94. The van der Waals surface area contributed by atoms with E-state index in [-0.39, 0.29) is 12.0 Å². The van der Waals surface area contributed by atoms with E-state index in [2.05, 4.69) is 6.92 Å². The maximum Gasteiger partial charge on any atom is 0.514 e. The van der Waals surface area contributed by atoms with Gasteiger partial charge >= 0.3 is 6.16 Å². The first-order chi connectivity index (χ1) is 9.22. The van der Waals surface area contributed by atoms with Crippen molar-refractivity contribution in [2.75, 3.05) is 0 Å². The number of fused-ring (bicyclic) bond motifs is 1. The lowest BCUT2D eigenvalue weighted by Crippen LogP contribution is -2.58. The largest absolute Gasteiger partial charge is 0.514 e. The standard InChI is InChI=1S/C14H20O5/c1-2-9-10(16-9)5-3-4-8-12-11(17-12)6-7-14(8)18-13(15)19-14/h8-12H,2-7H2,1H3. The molecule has 0 aromatic rings. The molecule has 5 atom stereocenters. The van der Waals surface area contributed by atoms with E-state index >= 15 is 0 Å². The summed E-state index contributed by atoms with van der Waals surface area (Å²) in [5.41, 5.74) is 0. The second-order valence-electron chi connectivity index (χ2n) is 6.10. The van der Waals surface area contributed by atoms with E-state index in [9.17, 15) is 4.79 Å². The van der Waals surface area contributed by atoms with Gasteiger partial charge in [-0.1, -0.05) is 13.3 Å². The predicted molar refractivity (Wildman–Crippen MR) is 64.5 cm³/mol. The van der Waals surface area contributed by atoms with Crippen LogP contribution in [0.2, 0.25) is 0 Å². The normalized spacial score (nSPS) is 44.9. The van der Waals surface area contributed by atoms with Gasteiger partial charge in [-0.15, -0.1) is 0 Å². The van der Waals surface area contributed by atoms with Gasteiger partial charge in [-0.05, 0) is 25.7 Å². The molecule has 0 N–H and O–H groups in total. The number of hydrogen-bond donors (Lipinski definition) is 0. The Kier molecular flexibility index (Phi) is 2.58. The van der Waals surface area contributed by atoms with Crippen molar-refractivity contribution in [3.05, 3.63) is 0 Å². The molecular formula is C14H20O5. The highest BCUT2D eigenvalue weighted by atomic mass is 16.9. The zero-order valence-electron chi connectivity index (χ0n) is 11.2. The van der Waals surface area contributed by atoms with Crippen LogP contribution in [0, 0.1) is 5.92 Å². The van der Waals surface area contributed by atoms with Crippen LogP contribution in [-0.4, -0.2) is 36.4 Å². The van der Waals surface area contributed by atoms with E-state index in [4.69, 9.17) is 18.9 Å². The highest BCUT2D eigenvalue weighted by Crippen LogP contribution is 2.53. The van der Waals surface area contributed by atoms with Crippen molar-refractivity contribution in [1.29, 1.82) is 0 Å². The van der Waals surface area contributed by atoms with Crippen LogP contribution in [0.1, 0.15) is 45.4 Å². The van der Waals surface area contributed by atoms with Gasteiger partial charge < -0.3 is 18.9 Å². The molecule has 4 rings (SSSR count). The summed E-state index contributed by atoms with van der Waals surface area (Å²) < 4.78 is 21.9. The summed E-state index contributed by atoms with van der Waals surface area (Å²) in [4.78, 5) is 11.0. The van der Waals surface area contributed by atoms with Gasteiger partial charge in [0.1, 0.15) is 0 Å². The minimum absolute atomic E-state index is 0.211. The van der Waals surface area contributed by atoms with Crippen molar-refractivity contribution in [2.45, 2.75) is 75.7 Å². The first kappa shape index (κ1) is 12.0. The summed E-state index contributed by atoms with van der Waals surface area (Å²) in [5.74, 6) is -0.452. The lowest BCUT2D eigenvalue weighted by molar-refractivity contribution is -0.308. The molecule has 3 aliphatic heterocycles. The van der Waals surface area contributed by atoms with Crippen LogP contribution in [0.15, 0.2) is 0 Å². The molecule has 0 radical (unpaired) electrons. The first-order valence-corrected chi connectivity index (χ1v) is 7.45. The summed E-state index contributed by atoms with van der Waals surface area (Å²) in [6.45, 7) is 2.16. The van der Waals surface area contributed by atoms with E-state index < -0.39 is 11.9 Å². The summed E-state index contributed by atoms with van der Waals surface area (Å²) >= 11 is 0. The maximum absolute atomic E-state index is 11.0. The third-order valence-corrected chi connectivity index (χ3v) is 4.97. The Morgan fingerprint density at radius 2 is 2.05 bits per heavy atom. The molecular weight excluding hydrogens is 248 g/mol. The molecule has 0 bridgehead atoms.